The molecule has 2 aliphatic rings. The van der Waals surface area contributed by atoms with Crippen LogP contribution in [-0.4, -0.2) is 66.3 Å². The molecule has 0 radical (unpaired) electrons. The third kappa shape index (κ3) is 6.00. The van der Waals surface area contributed by atoms with E-state index in [1.165, 1.54) is 5.56 Å². The molecule has 2 fully saturated rings. The highest BCUT2D eigenvalue weighted by Gasteiger charge is 2.29. The van der Waals surface area contributed by atoms with Gasteiger partial charge in [0.05, 0.1) is 30.2 Å². The number of morpholine rings is 1. The highest BCUT2D eigenvalue weighted by Crippen LogP contribution is 2.28. The van der Waals surface area contributed by atoms with Gasteiger partial charge in [-0.15, -0.1) is 0 Å². The van der Waals surface area contributed by atoms with E-state index in [0.717, 1.165) is 93.4 Å². The summed E-state index contributed by atoms with van der Waals surface area (Å²) in [6.45, 7) is 6.97. The van der Waals surface area contributed by atoms with Crippen LogP contribution in [0.3, 0.4) is 0 Å². The third-order valence-electron chi connectivity index (χ3n) is 7.97. The largest absolute Gasteiger partial charge is 0.379 e. The maximum absolute atomic E-state index is 13.6. The molecule has 2 aliphatic heterocycles. The van der Waals surface area contributed by atoms with Gasteiger partial charge in [0, 0.05) is 45.0 Å². The van der Waals surface area contributed by atoms with Crippen LogP contribution in [0.1, 0.15) is 24.0 Å². The number of para-hydroxylation sites is 3. The second kappa shape index (κ2) is 12.0. The number of carbonyl (C=O) groups excluding carboxylic acids is 1. The molecule has 4 aromatic rings. The topological polar surface area (TPSA) is 62.6 Å². The van der Waals surface area contributed by atoms with E-state index in [-0.39, 0.29) is 11.8 Å². The number of hydrogen-bond donors (Lipinski definition) is 1. The number of rotatable bonds is 8. The molecule has 0 bridgehead atoms. The molecule has 1 N–H and O–H groups in total. The van der Waals surface area contributed by atoms with Crippen molar-refractivity contribution in [3.63, 3.8) is 0 Å². The molecule has 1 atom stereocenters. The van der Waals surface area contributed by atoms with Gasteiger partial charge in [-0.25, -0.2) is 4.98 Å². The van der Waals surface area contributed by atoms with Crippen molar-refractivity contribution in [3.05, 3.63) is 90.0 Å². The van der Waals surface area contributed by atoms with Gasteiger partial charge in [0.25, 0.3) is 0 Å². The Balaban J connectivity index is 1.18. The first kappa shape index (κ1) is 25.6. The maximum Gasteiger partial charge on any atom is 0.229 e. The number of amides is 1. The van der Waals surface area contributed by atoms with Gasteiger partial charge in [-0.1, -0.05) is 60.7 Å². The van der Waals surface area contributed by atoms with Crippen LogP contribution in [0.25, 0.3) is 11.0 Å². The molecule has 1 aromatic heterocycles. The van der Waals surface area contributed by atoms with Crippen molar-refractivity contribution in [1.82, 2.24) is 14.5 Å². The predicted molar refractivity (Wildman–Crippen MR) is 156 cm³/mol. The third-order valence-corrected chi connectivity index (χ3v) is 7.97. The van der Waals surface area contributed by atoms with Crippen LogP contribution in [0.15, 0.2) is 78.9 Å². The minimum absolute atomic E-state index is 0.0870. The predicted octanol–water partition coefficient (Wildman–Crippen LogP) is 4.81. The first-order valence-corrected chi connectivity index (χ1v) is 14.2. The van der Waals surface area contributed by atoms with Gasteiger partial charge in [-0.3, -0.25) is 9.69 Å². The molecule has 3 aromatic carbocycles. The fourth-order valence-electron chi connectivity index (χ4n) is 5.81. The van der Waals surface area contributed by atoms with Crippen molar-refractivity contribution >= 4 is 28.6 Å². The first-order chi connectivity index (χ1) is 19.2. The minimum Gasteiger partial charge on any atom is -0.379 e. The minimum atomic E-state index is -0.0870. The summed E-state index contributed by atoms with van der Waals surface area (Å²) in [5.74, 6) is 0.985. The Morgan fingerprint density at radius 3 is 2.54 bits per heavy atom. The van der Waals surface area contributed by atoms with E-state index in [1.54, 1.807) is 0 Å². The van der Waals surface area contributed by atoms with Gasteiger partial charge in [-0.2, -0.15) is 0 Å². The summed E-state index contributed by atoms with van der Waals surface area (Å²) < 4.78 is 7.88. The van der Waals surface area contributed by atoms with Gasteiger partial charge >= 0.3 is 0 Å². The van der Waals surface area contributed by atoms with Crippen molar-refractivity contribution in [2.45, 2.75) is 25.8 Å². The lowest BCUT2D eigenvalue weighted by atomic mass is 9.96. The summed E-state index contributed by atoms with van der Waals surface area (Å²) >= 11 is 0. The van der Waals surface area contributed by atoms with Gasteiger partial charge < -0.3 is 19.5 Å². The summed E-state index contributed by atoms with van der Waals surface area (Å²) in [4.78, 5) is 23.4. The molecule has 39 heavy (non-hydrogen) atoms. The smallest absolute Gasteiger partial charge is 0.229 e. The SMILES string of the molecule is O=C(Nc1ccccc1Cc1ccccc1)C1CCCN(c2nc3ccccc3n2CCN2CCOCC2)C1. The highest BCUT2D eigenvalue weighted by atomic mass is 16.5. The Labute approximate surface area is 230 Å². The van der Waals surface area contributed by atoms with E-state index in [0.29, 0.717) is 6.54 Å². The highest BCUT2D eigenvalue weighted by molar-refractivity contribution is 5.94. The molecule has 7 heteroatoms. The number of hydrogen-bond acceptors (Lipinski definition) is 5. The van der Waals surface area contributed by atoms with Gasteiger partial charge in [0.15, 0.2) is 0 Å². The number of anilines is 2. The quantitative estimate of drug-likeness (QED) is 0.359. The Kier molecular flexibility index (Phi) is 7.88. The monoisotopic (exact) mass is 523 g/mol. The fraction of sp³-hybridized carbons (Fsp3) is 0.375. The lowest BCUT2D eigenvalue weighted by Gasteiger charge is -2.34. The second-order valence-electron chi connectivity index (χ2n) is 10.6. The Hall–Kier alpha value is -3.68. The van der Waals surface area contributed by atoms with Crippen molar-refractivity contribution < 1.29 is 9.53 Å². The van der Waals surface area contributed by atoms with Crippen LogP contribution in [0.2, 0.25) is 0 Å². The molecular weight excluding hydrogens is 486 g/mol. The van der Waals surface area contributed by atoms with Gasteiger partial charge in [0.1, 0.15) is 0 Å². The average Bonchev–Trinajstić information content (AvgIpc) is 3.37. The molecule has 0 saturated carbocycles. The Morgan fingerprint density at radius 2 is 1.67 bits per heavy atom. The average molecular weight is 524 g/mol. The molecule has 2 saturated heterocycles. The van der Waals surface area contributed by atoms with Crippen molar-refractivity contribution in [1.29, 1.82) is 0 Å². The van der Waals surface area contributed by atoms with E-state index in [4.69, 9.17) is 9.72 Å². The molecule has 1 amide bonds. The summed E-state index contributed by atoms with van der Waals surface area (Å²) in [5.41, 5.74) is 5.44. The molecule has 3 heterocycles. The number of benzene rings is 3. The van der Waals surface area contributed by atoms with E-state index in [2.05, 4.69) is 68.2 Å². The standard InChI is InChI=1S/C32H37N5O2/c38-31(33-28-13-5-4-11-26(28)23-25-9-2-1-3-10-25)27-12-8-16-36(24-27)32-34-29-14-6-7-15-30(29)37(32)18-17-35-19-21-39-22-20-35/h1-7,9-11,13-15,27H,8,12,16-24H2,(H,33,38). The summed E-state index contributed by atoms with van der Waals surface area (Å²) in [6.07, 6.45) is 2.65. The maximum atomic E-state index is 13.6. The lowest BCUT2D eigenvalue weighted by molar-refractivity contribution is -0.120. The summed E-state index contributed by atoms with van der Waals surface area (Å²) in [5, 5.41) is 3.27. The summed E-state index contributed by atoms with van der Waals surface area (Å²) in [6, 6.07) is 26.9. The number of piperidine rings is 1. The number of ether oxygens (including phenoxy) is 1. The summed E-state index contributed by atoms with van der Waals surface area (Å²) in [7, 11) is 0. The first-order valence-electron chi connectivity index (χ1n) is 14.2. The van der Waals surface area contributed by atoms with E-state index in [9.17, 15) is 4.79 Å². The van der Waals surface area contributed by atoms with Crippen molar-refractivity contribution in [2.75, 3.05) is 56.2 Å². The van der Waals surface area contributed by atoms with Crippen LogP contribution in [0.4, 0.5) is 11.6 Å². The van der Waals surface area contributed by atoms with Crippen molar-refractivity contribution in [3.8, 4) is 0 Å². The Morgan fingerprint density at radius 1 is 0.897 bits per heavy atom. The zero-order chi connectivity index (χ0) is 26.4. The molecular formula is C32H37N5O2. The zero-order valence-corrected chi connectivity index (χ0v) is 22.5. The van der Waals surface area contributed by atoms with Gasteiger partial charge in [0.2, 0.25) is 11.9 Å². The normalized spacial score (nSPS) is 18.4. The van der Waals surface area contributed by atoms with Crippen molar-refractivity contribution in [2.24, 2.45) is 5.92 Å². The zero-order valence-electron chi connectivity index (χ0n) is 22.5. The van der Waals surface area contributed by atoms with Crippen LogP contribution >= 0.6 is 0 Å². The number of aromatic nitrogens is 2. The van der Waals surface area contributed by atoms with Crippen LogP contribution < -0.4 is 10.2 Å². The number of fused-ring (bicyclic) bond motifs is 1. The van der Waals surface area contributed by atoms with E-state index < -0.39 is 0 Å². The number of carbonyl (C=O) groups is 1. The van der Waals surface area contributed by atoms with E-state index >= 15 is 0 Å². The Bertz CT molecular complexity index is 1400. The van der Waals surface area contributed by atoms with Crippen LogP contribution in [-0.2, 0) is 22.5 Å². The van der Waals surface area contributed by atoms with Gasteiger partial charge in [-0.05, 0) is 48.6 Å². The number of nitrogens with zero attached hydrogens (tertiary/aromatic N) is 4. The van der Waals surface area contributed by atoms with E-state index in [1.807, 2.05) is 30.3 Å². The molecule has 202 valence electrons. The molecule has 1 unspecified atom stereocenters. The number of nitrogens with one attached hydrogen (secondary N) is 1. The number of imidazole rings is 1. The fourth-order valence-corrected chi connectivity index (χ4v) is 5.81. The molecule has 0 spiro atoms. The molecule has 6 rings (SSSR count). The second-order valence-corrected chi connectivity index (χ2v) is 10.6. The van der Waals surface area contributed by atoms with Crippen LogP contribution in [0.5, 0.6) is 0 Å². The van der Waals surface area contributed by atoms with Crippen LogP contribution in [0, 0.1) is 5.92 Å². The molecule has 0 aliphatic carbocycles. The lowest BCUT2D eigenvalue weighted by Crippen LogP contribution is -2.42. The molecule has 7 nitrogen and oxygen atoms in total.